The Morgan fingerprint density at radius 3 is 2.22 bits per heavy atom. The van der Waals surface area contributed by atoms with Crippen molar-refractivity contribution in [1.29, 1.82) is 0 Å². The summed E-state index contributed by atoms with van der Waals surface area (Å²) in [7, 11) is 6.06. The van der Waals surface area contributed by atoms with Gasteiger partial charge in [-0.05, 0) is 17.7 Å². The van der Waals surface area contributed by atoms with Gasteiger partial charge >= 0.3 is 5.97 Å². The largest absolute Gasteiger partial charge is 0.504 e. The fourth-order valence-electron chi connectivity index (χ4n) is 2.13. The highest BCUT2D eigenvalue weighted by atomic mass is 16.5. The maximum Gasteiger partial charge on any atom is 0.337 e. The van der Waals surface area contributed by atoms with Crippen LogP contribution in [-0.2, 0) is 19.0 Å². The van der Waals surface area contributed by atoms with Gasteiger partial charge in [0.25, 0.3) is 0 Å². The molecule has 1 rings (SSSR count). The molecule has 0 radical (unpaired) electrons. The summed E-state index contributed by atoms with van der Waals surface area (Å²) in [4.78, 5) is 11.8. The van der Waals surface area contributed by atoms with E-state index in [-0.39, 0.29) is 12.0 Å². The van der Waals surface area contributed by atoms with Crippen molar-refractivity contribution in [3.05, 3.63) is 47.7 Å². The predicted molar refractivity (Wildman–Crippen MR) is 89.1 cm³/mol. The minimum atomic E-state index is -0.431. The van der Waals surface area contributed by atoms with Gasteiger partial charge in [-0.25, -0.2) is 4.79 Å². The number of esters is 1. The number of hydrogen-bond acceptors (Lipinski definition) is 5. The molecule has 0 heterocycles. The molecule has 23 heavy (non-hydrogen) atoms. The molecule has 0 aromatic heterocycles. The fourth-order valence-corrected chi connectivity index (χ4v) is 2.13. The summed E-state index contributed by atoms with van der Waals surface area (Å²) in [6.45, 7) is 1.88. The maximum atomic E-state index is 11.8. The highest BCUT2D eigenvalue weighted by molar-refractivity contribution is 5.88. The lowest BCUT2D eigenvalue weighted by molar-refractivity contribution is -0.137. The molecule has 1 aromatic rings. The van der Waals surface area contributed by atoms with Crippen molar-refractivity contribution in [2.45, 2.75) is 13.0 Å². The van der Waals surface area contributed by atoms with E-state index in [9.17, 15) is 4.79 Å². The summed E-state index contributed by atoms with van der Waals surface area (Å²) >= 11 is 0. The van der Waals surface area contributed by atoms with Gasteiger partial charge in [-0.2, -0.15) is 0 Å². The van der Waals surface area contributed by atoms with Crippen LogP contribution in [0.3, 0.4) is 0 Å². The summed E-state index contributed by atoms with van der Waals surface area (Å²) in [5.41, 5.74) is 1.43. The van der Waals surface area contributed by atoms with Crippen LogP contribution in [0.2, 0.25) is 0 Å². The normalized spacial score (nSPS) is 14.4. The SMILES string of the molecule is CO/C=C(/C(=O)OC)[C@@H](C)[C@@H](/C=C/c1ccc(OC)cc1)OC. The third-order valence-electron chi connectivity index (χ3n) is 3.52. The van der Waals surface area contributed by atoms with E-state index in [1.165, 1.54) is 20.5 Å². The van der Waals surface area contributed by atoms with Gasteiger partial charge in [0.15, 0.2) is 0 Å². The summed E-state index contributed by atoms with van der Waals surface area (Å²) in [5, 5.41) is 0. The van der Waals surface area contributed by atoms with Crippen LogP contribution in [0.1, 0.15) is 12.5 Å². The quantitative estimate of drug-likeness (QED) is 0.418. The van der Waals surface area contributed by atoms with Crippen LogP contribution in [-0.4, -0.2) is 40.5 Å². The topological polar surface area (TPSA) is 54.0 Å². The van der Waals surface area contributed by atoms with Gasteiger partial charge in [-0.15, -0.1) is 0 Å². The van der Waals surface area contributed by atoms with Crippen LogP contribution in [0.5, 0.6) is 5.75 Å². The molecule has 5 nitrogen and oxygen atoms in total. The Hall–Kier alpha value is -2.27. The molecule has 0 bridgehead atoms. The first-order valence-corrected chi connectivity index (χ1v) is 7.23. The zero-order chi connectivity index (χ0) is 17.2. The molecule has 5 heteroatoms. The Balaban J connectivity index is 2.90. The highest BCUT2D eigenvalue weighted by Crippen LogP contribution is 2.21. The number of carbonyl (C=O) groups is 1. The molecule has 0 amide bonds. The Kier molecular flexibility index (Phi) is 7.91. The number of methoxy groups -OCH3 is 4. The maximum absolute atomic E-state index is 11.8. The molecule has 0 N–H and O–H groups in total. The van der Waals surface area contributed by atoms with Gasteiger partial charge in [-0.3, -0.25) is 0 Å². The molecule has 0 aliphatic heterocycles. The predicted octanol–water partition coefficient (Wildman–Crippen LogP) is 3.06. The molecule has 0 aliphatic rings. The second kappa shape index (κ2) is 9.69. The Morgan fingerprint density at radius 2 is 1.74 bits per heavy atom. The van der Waals surface area contributed by atoms with Crippen LogP contribution in [0.25, 0.3) is 6.08 Å². The number of ether oxygens (including phenoxy) is 4. The van der Waals surface area contributed by atoms with Crippen molar-refractivity contribution in [1.82, 2.24) is 0 Å². The van der Waals surface area contributed by atoms with Gasteiger partial charge in [0, 0.05) is 13.0 Å². The standard InChI is InChI=1S/C18H24O5/c1-13(16(12-20-2)18(19)23-5)17(22-4)11-8-14-6-9-15(21-3)10-7-14/h6-13,17H,1-5H3/b11-8+,16-12+/t13-,17-/m1/s1. The monoisotopic (exact) mass is 320 g/mol. The summed E-state index contributed by atoms with van der Waals surface area (Å²) in [6, 6.07) is 7.66. The van der Waals surface area contributed by atoms with Gasteiger partial charge in [0.2, 0.25) is 0 Å². The van der Waals surface area contributed by atoms with E-state index in [0.29, 0.717) is 5.57 Å². The van der Waals surface area contributed by atoms with Crippen molar-refractivity contribution >= 4 is 12.0 Å². The molecular formula is C18H24O5. The molecule has 1 aromatic carbocycles. The number of hydrogen-bond donors (Lipinski definition) is 0. The fraction of sp³-hybridized carbons (Fsp3) is 0.389. The van der Waals surface area contributed by atoms with Crippen molar-refractivity contribution < 1.29 is 23.7 Å². The average molecular weight is 320 g/mol. The smallest absolute Gasteiger partial charge is 0.337 e. The molecule has 0 unspecified atom stereocenters. The zero-order valence-electron chi connectivity index (χ0n) is 14.2. The van der Waals surface area contributed by atoms with Crippen molar-refractivity contribution in [3.8, 4) is 5.75 Å². The third kappa shape index (κ3) is 5.45. The molecule has 0 saturated heterocycles. The van der Waals surface area contributed by atoms with E-state index in [1.54, 1.807) is 14.2 Å². The number of rotatable bonds is 8. The van der Waals surface area contributed by atoms with E-state index < -0.39 is 5.97 Å². The summed E-state index contributed by atoms with van der Waals surface area (Å²) in [5.74, 6) is 0.149. The van der Waals surface area contributed by atoms with Crippen molar-refractivity contribution in [3.63, 3.8) is 0 Å². The summed E-state index contributed by atoms with van der Waals surface area (Å²) < 4.78 is 20.4. The second-order valence-corrected chi connectivity index (χ2v) is 4.92. The zero-order valence-corrected chi connectivity index (χ0v) is 14.2. The lowest BCUT2D eigenvalue weighted by Gasteiger charge is -2.20. The van der Waals surface area contributed by atoms with Crippen LogP contribution in [0, 0.1) is 5.92 Å². The molecule has 126 valence electrons. The first-order chi connectivity index (χ1) is 11.1. The van der Waals surface area contributed by atoms with Crippen LogP contribution in [0.15, 0.2) is 42.2 Å². The lowest BCUT2D eigenvalue weighted by Crippen LogP contribution is -2.24. The first-order valence-electron chi connectivity index (χ1n) is 7.23. The van der Waals surface area contributed by atoms with Gasteiger partial charge in [0.05, 0.1) is 39.3 Å². The molecule has 0 fully saturated rings. The average Bonchev–Trinajstić information content (AvgIpc) is 2.59. The first kappa shape index (κ1) is 18.8. The second-order valence-electron chi connectivity index (χ2n) is 4.92. The Bertz CT molecular complexity index is 545. The minimum absolute atomic E-state index is 0.220. The molecule has 0 spiro atoms. The summed E-state index contributed by atoms with van der Waals surface area (Å²) in [6.07, 6.45) is 4.94. The molecular weight excluding hydrogens is 296 g/mol. The molecule has 0 saturated carbocycles. The van der Waals surface area contributed by atoms with Gasteiger partial charge in [-0.1, -0.05) is 31.2 Å². The lowest BCUT2D eigenvalue weighted by atomic mass is 9.95. The van der Waals surface area contributed by atoms with E-state index in [0.717, 1.165) is 11.3 Å². The highest BCUT2D eigenvalue weighted by Gasteiger charge is 2.24. The Morgan fingerprint density at radius 1 is 1.09 bits per heavy atom. The van der Waals surface area contributed by atoms with E-state index in [2.05, 4.69) is 0 Å². The number of carbonyl (C=O) groups excluding carboxylic acids is 1. The van der Waals surface area contributed by atoms with E-state index in [4.69, 9.17) is 18.9 Å². The Labute approximate surface area is 137 Å². The van der Waals surface area contributed by atoms with Crippen molar-refractivity contribution in [2.75, 3.05) is 28.4 Å². The van der Waals surface area contributed by atoms with Gasteiger partial charge < -0.3 is 18.9 Å². The van der Waals surface area contributed by atoms with E-state index in [1.807, 2.05) is 43.3 Å². The molecule has 2 atom stereocenters. The van der Waals surface area contributed by atoms with Gasteiger partial charge in [0.1, 0.15) is 5.75 Å². The van der Waals surface area contributed by atoms with Crippen LogP contribution < -0.4 is 4.74 Å². The minimum Gasteiger partial charge on any atom is -0.504 e. The van der Waals surface area contributed by atoms with Crippen molar-refractivity contribution in [2.24, 2.45) is 5.92 Å². The van der Waals surface area contributed by atoms with E-state index >= 15 is 0 Å². The molecule has 0 aliphatic carbocycles. The van der Waals surface area contributed by atoms with Crippen LogP contribution >= 0.6 is 0 Å². The number of benzene rings is 1. The van der Waals surface area contributed by atoms with Crippen LogP contribution in [0.4, 0.5) is 0 Å². The third-order valence-corrected chi connectivity index (χ3v) is 3.52.